The Hall–Kier alpha value is -1.29. The van der Waals surface area contributed by atoms with E-state index in [4.69, 9.17) is 0 Å². The second-order valence-corrected chi connectivity index (χ2v) is 3.51. The molecule has 2 heterocycles. The van der Waals surface area contributed by atoms with Crippen molar-refractivity contribution in [2.75, 3.05) is 0 Å². The summed E-state index contributed by atoms with van der Waals surface area (Å²) in [5, 5.41) is 2.60. The number of aromatic nitrogens is 2. The van der Waals surface area contributed by atoms with Gasteiger partial charge < -0.3 is 0 Å². The van der Waals surface area contributed by atoms with Gasteiger partial charge in [-0.1, -0.05) is 0 Å². The molecule has 2 nitrogen and oxygen atoms in total. The molecule has 0 aliphatic rings. The molecule has 0 amide bonds. The molecule has 0 aromatic carbocycles. The first-order valence-corrected chi connectivity index (χ1v) is 4.67. The van der Waals surface area contributed by atoms with Crippen LogP contribution in [0.1, 0.15) is 5.69 Å². The maximum absolute atomic E-state index is 13.2. The SMILES string of the molecule is Cc1csc(-c2ccncc2F)n1. The maximum atomic E-state index is 13.2. The standard InChI is InChI=1S/C9H7FN2S/c1-6-5-13-9(12-6)7-2-3-11-4-8(7)10/h2-5H,1H3. The summed E-state index contributed by atoms with van der Waals surface area (Å²) in [7, 11) is 0. The van der Waals surface area contributed by atoms with Crippen molar-refractivity contribution in [3.8, 4) is 10.6 Å². The van der Waals surface area contributed by atoms with Gasteiger partial charge in [-0.15, -0.1) is 11.3 Å². The van der Waals surface area contributed by atoms with Gasteiger partial charge in [0.05, 0.1) is 6.20 Å². The zero-order chi connectivity index (χ0) is 9.26. The smallest absolute Gasteiger partial charge is 0.151 e. The lowest BCUT2D eigenvalue weighted by molar-refractivity contribution is 0.625. The van der Waals surface area contributed by atoms with Gasteiger partial charge in [-0.05, 0) is 13.0 Å². The average Bonchev–Trinajstić information content (AvgIpc) is 2.53. The van der Waals surface area contributed by atoms with Gasteiger partial charge in [0.25, 0.3) is 0 Å². The van der Waals surface area contributed by atoms with Gasteiger partial charge in [-0.3, -0.25) is 4.98 Å². The average molecular weight is 194 g/mol. The second-order valence-electron chi connectivity index (χ2n) is 2.65. The first kappa shape index (κ1) is 8.31. The van der Waals surface area contributed by atoms with Gasteiger partial charge in [0.15, 0.2) is 5.82 Å². The Labute approximate surface area is 79.1 Å². The fourth-order valence-electron chi connectivity index (χ4n) is 1.03. The topological polar surface area (TPSA) is 25.8 Å². The van der Waals surface area contributed by atoms with Gasteiger partial charge in [-0.25, -0.2) is 9.37 Å². The van der Waals surface area contributed by atoms with E-state index in [9.17, 15) is 4.39 Å². The number of nitrogens with zero attached hydrogens (tertiary/aromatic N) is 2. The molecular formula is C9H7FN2S. The molecule has 0 aliphatic carbocycles. The minimum Gasteiger partial charge on any atom is -0.262 e. The summed E-state index contributed by atoms with van der Waals surface area (Å²) >= 11 is 1.44. The minimum atomic E-state index is -0.322. The molecule has 13 heavy (non-hydrogen) atoms. The predicted molar refractivity (Wildman–Crippen MR) is 50.0 cm³/mol. The van der Waals surface area contributed by atoms with Crippen LogP contribution in [0, 0.1) is 12.7 Å². The molecule has 0 saturated heterocycles. The fraction of sp³-hybridized carbons (Fsp3) is 0.111. The van der Waals surface area contributed by atoms with Gasteiger partial charge >= 0.3 is 0 Å². The Bertz CT molecular complexity index is 425. The van der Waals surface area contributed by atoms with Crippen molar-refractivity contribution in [1.82, 2.24) is 9.97 Å². The van der Waals surface area contributed by atoms with Gasteiger partial charge in [-0.2, -0.15) is 0 Å². The number of halogens is 1. The molecule has 2 rings (SSSR count). The Balaban J connectivity index is 2.52. The molecule has 4 heteroatoms. The molecule has 0 bridgehead atoms. The van der Waals surface area contributed by atoms with Crippen LogP contribution in [-0.4, -0.2) is 9.97 Å². The van der Waals surface area contributed by atoms with E-state index < -0.39 is 0 Å². The molecule has 0 spiro atoms. The van der Waals surface area contributed by atoms with Crippen molar-refractivity contribution in [2.45, 2.75) is 6.92 Å². The lowest BCUT2D eigenvalue weighted by atomic mass is 10.3. The van der Waals surface area contributed by atoms with E-state index in [0.29, 0.717) is 10.6 Å². The van der Waals surface area contributed by atoms with Crippen LogP contribution in [0.15, 0.2) is 23.8 Å². The molecule has 0 atom stereocenters. The molecule has 0 aliphatic heterocycles. The van der Waals surface area contributed by atoms with E-state index in [1.165, 1.54) is 17.5 Å². The summed E-state index contributed by atoms with van der Waals surface area (Å²) in [5.41, 5.74) is 1.43. The molecule has 2 aromatic rings. The highest BCUT2D eigenvalue weighted by molar-refractivity contribution is 7.13. The third-order valence-electron chi connectivity index (χ3n) is 1.62. The third-order valence-corrected chi connectivity index (χ3v) is 2.62. The van der Waals surface area contributed by atoms with Crippen molar-refractivity contribution in [1.29, 1.82) is 0 Å². The molecule has 0 N–H and O–H groups in total. The van der Waals surface area contributed by atoms with Gasteiger partial charge in [0.2, 0.25) is 0 Å². The first-order valence-electron chi connectivity index (χ1n) is 3.79. The van der Waals surface area contributed by atoms with Crippen molar-refractivity contribution in [3.63, 3.8) is 0 Å². The second kappa shape index (κ2) is 3.22. The molecule has 0 saturated carbocycles. The van der Waals surface area contributed by atoms with Gasteiger partial charge in [0, 0.05) is 22.8 Å². The molecule has 2 aromatic heterocycles. The molecule has 0 radical (unpaired) electrons. The van der Waals surface area contributed by atoms with Crippen LogP contribution in [0.5, 0.6) is 0 Å². The van der Waals surface area contributed by atoms with Crippen LogP contribution in [0.25, 0.3) is 10.6 Å². The maximum Gasteiger partial charge on any atom is 0.151 e. The van der Waals surface area contributed by atoms with E-state index in [2.05, 4.69) is 9.97 Å². The Morgan fingerprint density at radius 1 is 1.46 bits per heavy atom. The summed E-state index contributed by atoms with van der Waals surface area (Å²) < 4.78 is 13.2. The zero-order valence-corrected chi connectivity index (χ0v) is 7.81. The summed E-state index contributed by atoms with van der Waals surface area (Å²) in [5.74, 6) is -0.322. The summed E-state index contributed by atoms with van der Waals surface area (Å²) in [6, 6.07) is 1.63. The van der Waals surface area contributed by atoms with Crippen LogP contribution < -0.4 is 0 Å². The zero-order valence-electron chi connectivity index (χ0n) is 6.99. The summed E-state index contributed by atoms with van der Waals surface area (Å²) in [6.07, 6.45) is 2.77. The van der Waals surface area contributed by atoms with Crippen LogP contribution >= 0.6 is 11.3 Å². The summed E-state index contributed by atoms with van der Waals surface area (Å²) in [6.45, 7) is 1.89. The van der Waals surface area contributed by atoms with Crippen molar-refractivity contribution in [2.24, 2.45) is 0 Å². The van der Waals surface area contributed by atoms with E-state index in [-0.39, 0.29) is 5.82 Å². The number of aryl methyl sites for hydroxylation is 1. The fourth-order valence-corrected chi connectivity index (χ4v) is 1.85. The third kappa shape index (κ3) is 1.58. The van der Waals surface area contributed by atoms with E-state index in [1.54, 1.807) is 12.3 Å². The number of hydrogen-bond acceptors (Lipinski definition) is 3. The normalized spacial score (nSPS) is 10.3. The largest absolute Gasteiger partial charge is 0.262 e. The molecular weight excluding hydrogens is 187 g/mol. The Morgan fingerprint density at radius 2 is 2.31 bits per heavy atom. The molecule has 0 unspecified atom stereocenters. The first-order chi connectivity index (χ1) is 6.27. The van der Waals surface area contributed by atoms with Crippen LogP contribution in [0.4, 0.5) is 4.39 Å². The monoisotopic (exact) mass is 194 g/mol. The number of hydrogen-bond donors (Lipinski definition) is 0. The van der Waals surface area contributed by atoms with Crippen molar-refractivity contribution >= 4 is 11.3 Å². The predicted octanol–water partition coefficient (Wildman–Crippen LogP) is 2.65. The van der Waals surface area contributed by atoms with E-state index in [1.807, 2.05) is 12.3 Å². The van der Waals surface area contributed by atoms with Gasteiger partial charge in [0.1, 0.15) is 5.01 Å². The lowest BCUT2D eigenvalue weighted by Gasteiger charge is -1.95. The van der Waals surface area contributed by atoms with E-state index >= 15 is 0 Å². The van der Waals surface area contributed by atoms with Crippen LogP contribution in [-0.2, 0) is 0 Å². The highest BCUT2D eigenvalue weighted by atomic mass is 32.1. The Morgan fingerprint density at radius 3 is 2.92 bits per heavy atom. The lowest BCUT2D eigenvalue weighted by Crippen LogP contribution is -1.84. The minimum absolute atomic E-state index is 0.322. The number of rotatable bonds is 1. The van der Waals surface area contributed by atoms with Crippen LogP contribution in [0.2, 0.25) is 0 Å². The van der Waals surface area contributed by atoms with Crippen LogP contribution in [0.3, 0.4) is 0 Å². The van der Waals surface area contributed by atoms with Crippen molar-refractivity contribution in [3.05, 3.63) is 35.4 Å². The highest BCUT2D eigenvalue weighted by Gasteiger charge is 2.07. The highest BCUT2D eigenvalue weighted by Crippen LogP contribution is 2.24. The number of pyridine rings is 1. The number of thiazole rings is 1. The van der Waals surface area contributed by atoms with Crippen molar-refractivity contribution < 1.29 is 4.39 Å². The summed E-state index contributed by atoms with van der Waals surface area (Å²) in [4.78, 5) is 7.87. The van der Waals surface area contributed by atoms with E-state index in [0.717, 1.165) is 5.69 Å². The molecule has 0 fully saturated rings. The Kier molecular flexibility index (Phi) is 2.06. The molecule has 66 valence electrons. The quantitative estimate of drug-likeness (QED) is 0.697.